The number of Topliss-reactive ketones (excluding diaryl/α,β-unsaturated/α-hetero) is 1. The van der Waals surface area contributed by atoms with E-state index in [2.05, 4.69) is 4.72 Å². The van der Waals surface area contributed by atoms with Gasteiger partial charge in [-0.25, -0.2) is 17.9 Å². The Bertz CT molecular complexity index is 1290. The van der Waals surface area contributed by atoms with E-state index >= 15 is 0 Å². The van der Waals surface area contributed by atoms with E-state index in [9.17, 15) is 18.0 Å². The first-order chi connectivity index (χ1) is 15.6. The molecule has 0 atom stereocenters. The summed E-state index contributed by atoms with van der Waals surface area (Å²) in [6, 6.07) is 10.5. The molecule has 33 heavy (non-hydrogen) atoms. The number of rotatable bonds is 9. The van der Waals surface area contributed by atoms with E-state index in [4.69, 9.17) is 9.47 Å². The number of benzene rings is 1. The van der Waals surface area contributed by atoms with Crippen LogP contribution in [0, 0.1) is 13.8 Å². The Balaban J connectivity index is 1.75. The molecule has 0 amide bonds. The molecule has 1 N–H and O–H groups in total. The quantitative estimate of drug-likeness (QED) is 0.378. The minimum Gasteiger partial charge on any atom is -0.494 e. The van der Waals surface area contributed by atoms with E-state index in [-0.39, 0.29) is 16.4 Å². The molecule has 2 aromatic heterocycles. The van der Waals surface area contributed by atoms with Crippen molar-refractivity contribution in [3.05, 3.63) is 65.2 Å². The van der Waals surface area contributed by atoms with Gasteiger partial charge in [-0.05, 0) is 64.2 Å². The van der Waals surface area contributed by atoms with Crippen LogP contribution in [0.4, 0.5) is 0 Å². The normalized spacial score (nSPS) is 11.4. The first kappa shape index (κ1) is 24.3. The van der Waals surface area contributed by atoms with Gasteiger partial charge in [0.2, 0.25) is 15.8 Å². The maximum absolute atomic E-state index is 12.8. The lowest BCUT2D eigenvalue weighted by atomic mass is 10.1. The Kier molecular flexibility index (Phi) is 7.09. The fraction of sp³-hybridized carbons (Fsp3) is 0.304. The second kappa shape index (κ2) is 9.63. The Labute approximate surface area is 193 Å². The summed E-state index contributed by atoms with van der Waals surface area (Å²) >= 11 is 0. The lowest BCUT2D eigenvalue weighted by Gasteiger charge is -2.11. The highest BCUT2D eigenvalue weighted by atomic mass is 32.2. The molecule has 0 bridgehead atoms. The van der Waals surface area contributed by atoms with E-state index in [0.717, 1.165) is 22.8 Å². The van der Waals surface area contributed by atoms with Gasteiger partial charge in [-0.3, -0.25) is 4.79 Å². The molecule has 0 fully saturated rings. The maximum atomic E-state index is 12.8. The lowest BCUT2D eigenvalue weighted by Crippen LogP contribution is -2.18. The molecule has 0 aliphatic heterocycles. The fourth-order valence-corrected chi connectivity index (χ4v) is 4.38. The number of ether oxygens (including phenoxy) is 2. The van der Waals surface area contributed by atoms with Gasteiger partial charge in [-0.2, -0.15) is 0 Å². The summed E-state index contributed by atoms with van der Waals surface area (Å²) in [4.78, 5) is 25.2. The number of carbonyl (C=O) groups excluding carboxylic acids is 2. The Morgan fingerprint density at radius 1 is 1.09 bits per heavy atom. The van der Waals surface area contributed by atoms with Crippen LogP contribution < -0.4 is 9.46 Å². The largest absolute Gasteiger partial charge is 0.494 e. The van der Waals surface area contributed by atoms with E-state index in [0.29, 0.717) is 12.2 Å². The number of carbonyl (C=O) groups is 2. The molecule has 0 aliphatic carbocycles. The summed E-state index contributed by atoms with van der Waals surface area (Å²) in [5, 5.41) is 0. The first-order valence-electron chi connectivity index (χ1n) is 10.3. The second-order valence-corrected chi connectivity index (χ2v) is 9.31. The molecular formula is C23H27N3O6S. The molecule has 2 heterocycles. The number of esters is 1. The van der Waals surface area contributed by atoms with Crippen LogP contribution in [0.2, 0.25) is 0 Å². The summed E-state index contributed by atoms with van der Waals surface area (Å²) in [5.41, 5.74) is 2.93. The molecule has 0 aliphatic rings. The van der Waals surface area contributed by atoms with Crippen LogP contribution in [0.15, 0.2) is 47.5 Å². The summed E-state index contributed by atoms with van der Waals surface area (Å²) in [7, 11) is -0.898. The van der Waals surface area contributed by atoms with Crippen LogP contribution in [0.25, 0.3) is 5.69 Å². The Hall–Kier alpha value is -3.37. The Morgan fingerprint density at radius 2 is 1.76 bits per heavy atom. The highest BCUT2D eigenvalue weighted by Gasteiger charge is 2.22. The van der Waals surface area contributed by atoms with Crippen LogP contribution in [0.1, 0.15) is 39.2 Å². The topological polar surface area (TPSA) is 109 Å². The zero-order chi connectivity index (χ0) is 24.3. The van der Waals surface area contributed by atoms with Gasteiger partial charge in [0.25, 0.3) is 0 Å². The van der Waals surface area contributed by atoms with Crippen molar-refractivity contribution >= 4 is 21.8 Å². The summed E-state index contributed by atoms with van der Waals surface area (Å²) in [6.45, 7) is 5.74. The number of hydrogen-bond acceptors (Lipinski definition) is 6. The zero-order valence-corrected chi connectivity index (χ0v) is 20.0. The number of hydrogen-bond donors (Lipinski definition) is 1. The average Bonchev–Trinajstić information content (AvgIpc) is 3.32. The molecule has 1 aromatic carbocycles. The molecule has 3 aromatic rings. The van der Waals surface area contributed by atoms with E-state index in [1.54, 1.807) is 6.07 Å². The molecule has 0 saturated carbocycles. The van der Waals surface area contributed by atoms with Crippen LogP contribution in [-0.2, 0) is 21.8 Å². The molecule has 10 heteroatoms. The molecule has 0 radical (unpaired) electrons. The van der Waals surface area contributed by atoms with Crippen molar-refractivity contribution in [2.24, 2.45) is 7.05 Å². The standard InChI is InChI=1S/C23H27N3O6S/c1-6-31-18-9-7-17(8-10-18)26-15(2)11-20(16(26)3)22(27)14-32-23(28)21-12-19(13-25(21)5)33(29,30)24-4/h7-13,24H,6,14H2,1-5H3. The van der Waals surface area contributed by atoms with Crippen LogP contribution in [-0.4, -0.2) is 49.6 Å². The van der Waals surface area contributed by atoms with Crippen molar-refractivity contribution in [1.82, 2.24) is 13.9 Å². The van der Waals surface area contributed by atoms with Gasteiger partial charge in [-0.15, -0.1) is 0 Å². The summed E-state index contributed by atoms with van der Waals surface area (Å²) < 4.78 is 40.0. The molecule has 0 saturated heterocycles. The molecule has 9 nitrogen and oxygen atoms in total. The maximum Gasteiger partial charge on any atom is 0.355 e. The van der Waals surface area contributed by atoms with Crippen molar-refractivity contribution in [2.45, 2.75) is 25.7 Å². The number of aryl methyl sites for hydroxylation is 2. The van der Waals surface area contributed by atoms with Crippen molar-refractivity contribution in [1.29, 1.82) is 0 Å². The number of nitrogens with one attached hydrogen (secondary N) is 1. The summed E-state index contributed by atoms with van der Waals surface area (Å²) in [6.07, 6.45) is 1.30. The molecule has 3 rings (SSSR count). The molecular weight excluding hydrogens is 446 g/mol. The van der Waals surface area contributed by atoms with Crippen molar-refractivity contribution in [2.75, 3.05) is 20.3 Å². The van der Waals surface area contributed by atoms with Crippen molar-refractivity contribution in [3.8, 4) is 11.4 Å². The van der Waals surface area contributed by atoms with Gasteiger partial charge in [0.05, 0.1) is 6.61 Å². The van der Waals surface area contributed by atoms with Gasteiger partial charge in [0.15, 0.2) is 6.61 Å². The van der Waals surface area contributed by atoms with Crippen molar-refractivity contribution in [3.63, 3.8) is 0 Å². The van der Waals surface area contributed by atoms with Gasteiger partial charge in [-0.1, -0.05) is 0 Å². The highest BCUT2D eigenvalue weighted by Crippen LogP contribution is 2.23. The number of aromatic nitrogens is 2. The highest BCUT2D eigenvalue weighted by molar-refractivity contribution is 7.89. The summed E-state index contributed by atoms with van der Waals surface area (Å²) in [5.74, 6) is -0.382. The molecule has 176 valence electrons. The minimum absolute atomic E-state index is 0.0245. The molecule has 0 spiro atoms. The van der Waals surface area contributed by atoms with Gasteiger partial charge in [0.1, 0.15) is 16.3 Å². The number of nitrogens with zero attached hydrogens (tertiary/aromatic N) is 2. The minimum atomic E-state index is -3.70. The second-order valence-electron chi connectivity index (χ2n) is 7.43. The zero-order valence-electron chi connectivity index (χ0n) is 19.2. The predicted octanol–water partition coefficient (Wildman–Crippen LogP) is 2.78. The third-order valence-corrected chi connectivity index (χ3v) is 6.62. The van der Waals surface area contributed by atoms with E-state index in [1.165, 1.54) is 30.9 Å². The van der Waals surface area contributed by atoms with E-state index < -0.39 is 22.6 Å². The third-order valence-electron chi connectivity index (χ3n) is 5.24. The molecule has 0 unspecified atom stereocenters. The van der Waals surface area contributed by atoms with Crippen LogP contribution in [0.3, 0.4) is 0 Å². The van der Waals surface area contributed by atoms with Crippen LogP contribution >= 0.6 is 0 Å². The van der Waals surface area contributed by atoms with Gasteiger partial charge in [0, 0.05) is 35.9 Å². The van der Waals surface area contributed by atoms with Crippen molar-refractivity contribution < 1.29 is 27.5 Å². The average molecular weight is 474 g/mol. The van der Waals surface area contributed by atoms with Gasteiger partial charge < -0.3 is 18.6 Å². The lowest BCUT2D eigenvalue weighted by molar-refractivity contribution is 0.0465. The van der Waals surface area contributed by atoms with E-state index in [1.807, 2.05) is 49.6 Å². The third kappa shape index (κ3) is 5.01. The first-order valence-corrected chi connectivity index (χ1v) is 11.8. The Morgan fingerprint density at radius 3 is 2.36 bits per heavy atom. The fourth-order valence-electron chi connectivity index (χ4n) is 3.59. The van der Waals surface area contributed by atoms with Gasteiger partial charge >= 0.3 is 5.97 Å². The van der Waals surface area contributed by atoms with Crippen LogP contribution in [0.5, 0.6) is 5.75 Å². The smallest absolute Gasteiger partial charge is 0.355 e. The predicted molar refractivity (Wildman–Crippen MR) is 123 cm³/mol. The number of ketones is 1. The SMILES string of the molecule is CCOc1ccc(-n2c(C)cc(C(=O)COC(=O)c3cc(S(=O)(=O)NC)cn3C)c2C)cc1. The number of sulfonamides is 1. The monoisotopic (exact) mass is 473 g/mol.